The molecule has 0 aliphatic rings. The molecular formula is C10H14BrFN2O2S. The lowest BCUT2D eigenvalue weighted by Crippen LogP contribution is -2.33. The number of anilines is 1. The minimum absolute atomic E-state index is 0.183. The molecule has 0 aliphatic heterocycles. The summed E-state index contributed by atoms with van der Waals surface area (Å²) in [5.74, 6) is -0.821. The van der Waals surface area contributed by atoms with Gasteiger partial charge in [-0.3, -0.25) is 0 Å². The first kappa shape index (κ1) is 14.4. The summed E-state index contributed by atoms with van der Waals surface area (Å²) in [5, 5.41) is 0. The molecule has 0 radical (unpaired) electrons. The average molecular weight is 325 g/mol. The minimum atomic E-state index is -3.85. The molecule has 2 N–H and O–H groups in total. The summed E-state index contributed by atoms with van der Waals surface area (Å²) in [6.45, 7) is 3.41. The maximum Gasteiger partial charge on any atom is 0.246 e. The zero-order valence-corrected chi connectivity index (χ0v) is 12.1. The Balaban J connectivity index is 3.39. The number of hydrogen-bond acceptors (Lipinski definition) is 3. The van der Waals surface area contributed by atoms with E-state index in [0.717, 1.165) is 16.4 Å². The van der Waals surface area contributed by atoms with E-state index >= 15 is 0 Å². The molecule has 1 aromatic rings. The lowest BCUT2D eigenvalue weighted by Gasteiger charge is -2.21. The highest BCUT2D eigenvalue weighted by atomic mass is 79.9. The molecule has 17 heavy (non-hydrogen) atoms. The third kappa shape index (κ3) is 2.78. The minimum Gasteiger partial charge on any atom is -0.398 e. The van der Waals surface area contributed by atoms with Crippen molar-refractivity contribution in [2.45, 2.75) is 24.8 Å². The van der Waals surface area contributed by atoms with E-state index in [1.807, 2.05) is 0 Å². The molecule has 0 fully saturated rings. The molecule has 0 unspecified atom stereocenters. The first-order valence-electron chi connectivity index (χ1n) is 4.90. The smallest absolute Gasteiger partial charge is 0.246 e. The van der Waals surface area contributed by atoms with Gasteiger partial charge in [-0.1, -0.05) is 0 Å². The first-order valence-corrected chi connectivity index (χ1v) is 7.13. The summed E-state index contributed by atoms with van der Waals surface area (Å²) in [4.78, 5) is -0.408. The van der Waals surface area contributed by atoms with E-state index < -0.39 is 20.7 Å². The second kappa shape index (κ2) is 4.91. The number of rotatable bonds is 3. The molecule has 0 saturated heterocycles. The summed E-state index contributed by atoms with van der Waals surface area (Å²) in [6.07, 6.45) is 0. The van der Waals surface area contributed by atoms with E-state index in [9.17, 15) is 12.8 Å². The monoisotopic (exact) mass is 324 g/mol. The van der Waals surface area contributed by atoms with Gasteiger partial charge in [0.15, 0.2) is 0 Å². The molecule has 0 spiro atoms. The number of benzene rings is 1. The predicted molar refractivity (Wildman–Crippen MR) is 68.6 cm³/mol. The van der Waals surface area contributed by atoms with Gasteiger partial charge < -0.3 is 5.73 Å². The van der Waals surface area contributed by atoms with Crippen molar-refractivity contribution in [3.8, 4) is 0 Å². The van der Waals surface area contributed by atoms with Crippen LogP contribution in [-0.4, -0.2) is 25.8 Å². The number of hydrogen-bond donors (Lipinski definition) is 1. The average Bonchev–Trinajstić information content (AvgIpc) is 2.21. The van der Waals surface area contributed by atoms with Gasteiger partial charge >= 0.3 is 0 Å². The van der Waals surface area contributed by atoms with Crippen molar-refractivity contribution in [3.05, 3.63) is 22.4 Å². The predicted octanol–water partition coefficient (Wildman–Crippen LogP) is 2.20. The van der Waals surface area contributed by atoms with E-state index in [-0.39, 0.29) is 11.7 Å². The highest BCUT2D eigenvalue weighted by Crippen LogP contribution is 2.28. The first-order chi connectivity index (χ1) is 7.67. The SMILES string of the molecule is CC(C)N(C)S(=O)(=O)c1cc(N)c(Br)cc1F. The lowest BCUT2D eigenvalue weighted by atomic mass is 10.3. The van der Waals surface area contributed by atoms with Crippen LogP contribution in [0, 0.1) is 5.82 Å². The van der Waals surface area contributed by atoms with Crippen molar-refractivity contribution in [1.82, 2.24) is 4.31 Å². The largest absolute Gasteiger partial charge is 0.398 e. The quantitative estimate of drug-likeness (QED) is 0.867. The zero-order valence-electron chi connectivity index (χ0n) is 9.74. The zero-order chi connectivity index (χ0) is 13.4. The molecule has 0 heterocycles. The number of nitrogens with two attached hydrogens (primary N) is 1. The van der Waals surface area contributed by atoms with Gasteiger partial charge in [0.2, 0.25) is 10.0 Å². The topological polar surface area (TPSA) is 63.4 Å². The Labute approximate surface area is 109 Å². The summed E-state index contributed by atoms with van der Waals surface area (Å²) >= 11 is 3.04. The fourth-order valence-electron chi connectivity index (χ4n) is 1.18. The Hall–Kier alpha value is -0.660. The van der Waals surface area contributed by atoms with Crippen LogP contribution in [0.5, 0.6) is 0 Å². The van der Waals surface area contributed by atoms with E-state index in [1.54, 1.807) is 13.8 Å². The number of nitrogens with zero attached hydrogens (tertiary/aromatic N) is 1. The molecule has 0 amide bonds. The highest BCUT2D eigenvalue weighted by Gasteiger charge is 2.27. The third-order valence-electron chi connectivity index (χ3n) is 2.44. The summed E-state index contributed by atoms with van der Waals surface area (Å²) in [5.41, 5.74) is 5.75. The molecule has 0 saturated carbocycles. The summed E-state index contributed by atoms with van der Waals surface area (Å²) in [7, 11) is -2.45. The maximum absolute atomic E-state index is 13.7. The standard InChI is InChI=1S/C10H14BrFN2O2S/c1-6(2)14(3)17(15,16)10-5-9(13)7(11)4-8(10)12/h4-6H,13H2,1-3H3. The van der Waals surface area contributed by atoms with E-state index in [0.29, 0.717) is 4.47 Å². The van der Waals surface area contributed by atoms with Crippen molar-refractivity contribution in [2.24, 2.45) is 0 Å². The molecule has 0 atom stereocenters. The van der Waals surface area contributed by atoms with Crippen molar-refractivity contribution in [3.63, 3.8) is 0 Å². The molecular weight excluding hydrogens is 311 g/mol. The molecule has 7 heteroatoms. The summed E-state index contributed by atoms with van der Waals surface area (Å²) in [6, 6.07) is 1.91. The van der Waals surface area contributed by atoms with Gasteiger partial charge in [-0.05, 0) is 41.9 Å². The van der Waals surface area contributed by atoms with Crippen molar-refractivity contribution in [1.29, 1.82) is 0 Å². The Morgan fingerprint density at radius 1 is 1.41 bits per heavy atom. The molecule has 0 aromatic heterocycles. The second-order valence-electron chi connectivity index (χ2n) is 3.92. The van der Waals surface area contributed by atoms with Crippen LogP contribution in [0.15, 0.2) is 21.5 Å². The molecule has 1 aromatic carbocycles. The van der Waals surface area contributed by atoms with Gasteiger partial charge in [-0.15, -0.1) is 0 Å². The van der Waals surface area contributed by atoms with Gasteiger partial charge in [0.25, 0.3) is 0 Å². The fourth-order valence-corrected chi connectivity index (χ4v) is 2.94. The van der Waals surface area contributed by atoms with Crippen molar-refractivity contribution in [2.75, 3.05) is 12.8 Å². The van der Waals surface area contributed by atoms with Crippen molar-refractivity contribution < 1.29 is 12.8 Å². The van der Waals surface area contributed by atoms with E-state index in [1.165, 1.54) is 7.05 Å². The van der Waals surface area contributed by atoms with Crippen LogP contribution in [0.3, 0.4) is 0 Å². The number of halogens is 2. The molecule has 0 aliphatic carbocycles. The Bertz CT molecular complexity index is 531. The Morgan fingerprint density at radius 2 is 1.94 bits per heavy atom. The third-order valence-corrected chi connectivity index (χ3v) is 5.17. The maximum atomic E-state index is 13.7. The Kier molecular flexibility index (Phi) is 4.16. The Morgan fingerprint density at radius 3 is 2.41 bits per heavy atom. The van der Waals surface area contributed by atoms with Crippen LogP contribution in [0.1, 0.15) is 13.8 Å². The summed E-state index contributed by atoms with van der Waals surface area (Å²) < 4.78 is 39.2. The van der Waals surface area contributed by atoms with Crippen LogP contribution in [-0.2, 0) is 10.0 Å². The molecule has 96 valence electrons. The van der Waals surface area contributed by atoms with Gasteiger partial charge in [-0.25, -0.2) is 12.8 Å². The van der Waals surface area contributed by atoms with Gasteiger partial charge in [0.05, 0.1) is 0 Å². The van der Waals surface area contributed by atoms with Crippen molar-refractivity contribution >= 4 is 31.6 Å². The van der Waals surface area contributed by atoms with Gasteiger partial charge in [-0.2, -0.15) is 4.31 Å². The highest BCUT2D eigenvalue weighted by molar-refractivity contribution is 9.10. The van der Waals surface area contributed by atoms with Crippen LogP contribution >= 0.6 is 15.9 Å². The van der Waals surface area contributed by atoms with E-state index in [4.69, 9.17) is 5.73 Å². The second-order valence-corrected chi connectivity index (χ2v) is 6.74. The lowest BCUT2D eigenvalue weighted by molar-refractivity contribution is 0.407. The molecule has 4 nitrogen and oxygen atoms in total. The van der Waals surface area contributed by atoms with Gasteiger partial charge in [0.1, 0.15) is 10.7 Å². The normalized spacial score (nSPS) is 12.4. The van der Waals surface area contributed by atoms with E-state index in [2.05, 4.69) is 15.9 Å². The van der Waals surface area contributed by atoms with Crippen LogP contribution in [0.4, 0.5) is 10.1 Å². The number of nitrogen functional groups attached to an aromatic ring is 1. The van der Waals surface area contributed by atoms with Crippen LogP contribution < -0.4 is 5.73 Å². The number of sulfonamides is 1. The van der Waals surface area contributed by atoms with Crippen LogP contribution in [0.2, 0.25) is 0 Å². The molecule has 0 bridgehead atoms. The van der Waals surface area contributed by atoms with Crippen LogP contribution in [0.25, 0.3) is 0 Å². The molecule has 1 rings (SSSR count). The fraction of sp³-hybridized carbons (Fsp3) is 0.400. The van der Waals surface area contributed by atoms with Gasteiger partial charge in [0, 0.05) is 23.2 Å².